The number of aromatic nitrogens is 2. The van der Waals surface area contributed by atoms with E-state index >= 15 is 0 Å². The maximum absolute atomic E-state index is 12.5. The van der Waals surface area contributed by atoms with Crippen LogP contribution in [0.1, 0.15) is 29.6 Å². The lowest BCUT2D eigenvalue weighted by Gasteiger charge is -2.25. The van der Waals surface area contributed by atoms with Crippen LogP contribution in [0, 0.1) is 0 Å². The first kappa shape index (κ1) is 16.5. The quantitative estimate of drug-likeness (QED) is 0.913. The Morgan fingerprint density at radius 3 is 2.50 bits per heavy atom. The Hall–Kier alpha value is -2.32. The summed E-state index contributed by atoms with van der Waals surface area (Å²) in [5.74, 6) is -0.0521. The smallest absolute Gasteiger partial charge is 0.258 e. The molecule has 126 valence electrons. The number of anilines is 1. The van der Waals surface area contributed by atoms with E-state index in [9.17, 15) is 13.2 Å². The van der Waals surface area contributed by atoms with Crippen molar-refractivity contribution in [1.82, 2.24) is 14.3 Å². The molecule has 8 heteroatoms. The number of hydrogen-bond acceptors (Lipinski definition) is 5. The molecule has 1 aliphatic heterocycles. The minimum Gasteiger partial charge on any atom is -0.307 e. The Balaban J connectivity index is 1.72. The van der Waals surface area contributed by atoms with Gasteiger partial charge in [-0.3, -0.25) is 9.78 Å². The molecule has 1 aliphatic rings. The summed E-state index contributed by atoms with van der Waals surface area (Å²) in [4.78, 5) is 20.1. The molecule has 0 atom stereocenters. The van der Waals surface area contributed by atoms with Crippen LogP contribution >= 0.6 is 0 Å². The van der Waals surface area contributed by atoms with Gasteiger partial charge in [-0.05, 0) is 37.1 Å². The Bertz CT molecular complexity index is 801. The van der Waals surface area contributed by atoms with Gasteiger partial charge >= 0.3 is 0 Å². The highest BCUT2D eigenvalue weighted by Crippen LogP contribution is 2.20. The van der Waals surface area contributed by atoms with E-state index in [1.807, 2.05) is 0 Å². The van der Waals surface area contributed by atoms with Gasteiger partial charge in [-0.2, -0.15) is 4.31 Å². The molecule has 1 saturated heterocycles. The molecule has 24 heavy (non-hydrogen) atoms. The molecule has 0 radical (unpaired) electrons. The molecular weight excluding hydrogens is 328 g/mol. The van der Waals surface area contributed by atoms with Crippen LogP contribution in [0.4, 0.5) is 5.82 Å². The number of sulfonamides is 1. The predicted octanol–water partition coefficient (Wildman–Crippen LogP) is 1.90. The van der Waals surface area contributed by atoms with Gasteiger partial charge in [0, 0.05) is 31.7 Å². The zero-order valence-electron chi connectivity index (χ0n) is 13.1. The number of nitrogens with one attached hydrogen (secondary N) is 1. The predicted molar refractivity (Wildman–Crippen MR) is 89.0 cm³/mol. The van der Waals surface area contributed by atoms with Gasteiger partial charge in [-0.15, -0.1) is 0 Å². The molecular formula is C16H18N4O3S. The summed E-state index contributed by atoms with van der Waals surface area (Å²) in [6.07, 6.45) is 7.13. The summed E-state index contributed by atoms with van der Waals surface area (Å²) >= 11 is 0. The van der Waals surface area contributed by atoms with Gasteiger partial charge in [-0.1, -0.05) is 6.42 Å². The van der Waals surface area contributed by atoms with E-state index in [1.165, 1.54) is 28.8 Å². The molecule has 0 bridgehead atoms. The average Bonchev–Trinajstić information content (AvgIpc) is 2.63. The first-order valence-corrected chi connectivity index (χ1v) is 9.19. The van der Waals surface area contributed by atoms with Gasteiger partial charge in [0.05, 0.1) is 5.56 Å². The van der Waals surface area contributed by atoms with Crippen LogP contribution in [0.25, 0.3) is 0 Å². The first-order valence-electron chi connectivity index (χ1n) is 7.75. The van der Waals surface area contributed by atoms with Crippen LogP contribution in [0.5, 0.6) is 0 Å². The second-order valence-corrected chi connectivity index (χ2v) is 7.48. The third-order valence-corrected chi connectivity index (χ3v) is 5.74. The summed E-state index contributed by atoms with van der Waals surface area (Å²) in [5.41, 5.74) is 0.407. The maximum atomic E-state index is 12.5. The standard InChI is InChI=1S/C16H18N4O3S/c21-16(13-5-4-8-17-11-13)19-15-7-6-14(12-18-15)24(22,23)20-9-2-1-3-10-20/h4-8,11-12H,1-3,9-10H2,(H,18,19,21). The zero-order chi connectivity index (χ0) is 17.0. The number of pyridine rings is 2. The molecule has 1 amide bonds. The fraction of sp³-hybridized carbons (Fsp3) is 0.312. The lowest BCUT2D eigenvalue weighted by molar-refractivity contribution is 0.102. The first-order chi connectivity index (χ1) is 11.6. The Morgan fingerprint density at radius 1 is 1.08 bits per heavy atom. The highest BCUT2D eigenvalue weighted by molar-refractivity contribution is 7.89. The van der Waals surface area contributed by atoms with Crippen LogP contribution in [-0.4, -0.2) is 41.7 Å². The van der Waals surface area contributed by atoms with Crippen molar-refractivity contribution in [1.29, 1.82) is 0 Å². The molecule has 3 rings (SSSR count). The fourth-order valence-corrected chi connectivity index (χ4v) is 4.01. The van der Waals surface area contributed by atoms with Gasteiger partial charge < -0.3 is 5.32 Å². The van der Waals surface area contributed by atoms with Crippen molar-refractivity contribution in [3.63, 3.8) is 0 Å². The van der Waals surface area contributed by atoms with E-state index < -0.39 is 10.0 Å². The molecule has 0 aromatic carbocycles. The number of rotatable bonds is 4. The third kappa shape index (κ3) is 3.60. The normalized spacial score (nSPS) is 15.8. The highest BCUT2D eigenvalue weighted by atomic mass is 32.2. The van der Waals surface area contributed by atoms with Crippen molar-refractivity contribution >= 4 is 21.7 Å². The molecule has 2 aromatic rings. The number of carbonyl (C=O) groups is 1. The summed E-state index contributed by atoms with van der Waals surface area (Å²) < 4.78 is 26.6. The largest absolute Gasteiger partial charge is 0.307 e. The van der Waals surface area contributed by atoms with Crippen LogP contribution < -0.4 is 5.32 Å². The van der Waals surface area contributed by atoms with E-state index in [1.54, 1.807) is 18.3 Å². The summed E-state index contributed by atoms with van der Waals surface area (Å²) in [6, 6.07) is 6.26. The minimum atomic E-state index is -3.51. The van der Waals surface area contributed by atoms with Crippen LogP contribution in [0.3, 0.4) is 0 Å². The van der Waals surface area contributed by atoms with Crippen molar-refractivity contribution in [3.8, 4) is 0 Å². The average molecular weight is 346 g/mol. The summed E-state index contributed by atoms with van der Waals surface area (Å²) in [5, 5.41) is 2.62. The monoisotopic (exact) mass is 346 g/mol. The molecule has 1 N–H and O–H groups in total. The molecule has 0 saturated carbocycles. The van der Waals surface area contributed by atoms with E-state index in [-0.39, 0.29) is 10.8 Å². The summed E-state index contributed by atoms with van der Waals surface area (Å²) in [6.45, 7) is 1.09. The molecule has 2 aromatic heterocycles. The molecule has 0 aliphatic carbocycles. The topological polar surface area (TPSA) is 92.3 Å². The van der Waals surface area contributed by atoms with E-state index in [0.29, 0.717) is 24.5 Å². The van der Waals surface area contributed by atoms with Crippen LogP contribution in [0.2, 0.25) is 0 Å². The number of amides is 1. The van der Waals surface area contributed by atoms with E-state index in [2.05, 4.69) is 15.3 Å². The number of hydrogen-bond donors (Lipinski definition) is 1. The fourth-order valence-electron chi connectivity index (χ4n) is 2.55. The van der Waals surface area contributed by atoms with Gasteiger partial charge in [0.15, 0.2) is 0 Å². The van der Waals surface area contributed by atoms with Crippen molar-refractivity contribution in [3.05, 3.63) is 48.4 Å². The molecule has 1 fully saturated rings. The van der Waals surface area contributed by atoms with Crippen molar-refractivity contribution in [2.45, 2.75) is 24.2 Å². The maximum Gasteiger partial charge on any atom is 0.258 e. The molecule has 0 unspecified atom stereocenters. The Labute approximate surface area is 140 Å². The van der Waals surface area contributed by atoms with Crippen molar-refractivity contribution < 1.29 is 13.2 Å². The SMILES string of the molecule is O=C(Nc1ccc(S(=O)(=O)N2CCCCC2)cn1)c1cccnc1. The second kappa shape index (κ2) is 7.06. The highest BCUT2D eigenvalue weighted by Gasteiger charge is 2.26. The van der Waals surface area contributed by atoms with Gasteiger partial charge in [0.2, 0.25) is 10.0 Å². The number of carbonyl (C=O) groups excluding carboxylic acids is 1. The molecule has 7 nitrogen and oxygen atoms in total. The van der Waals surface area contributed by atoms with Gasteiger partial charge in [-0.25, -0.2) is 13.4 Å². The van der Waals surface area contributed by atoms with Gasteiger partial charge in [0.25, 0.3) is 5.91 Å². The molecule has 3 heterocycles. The number of nitrogens with zero attached hydrogens (tertiary/aromatic N) is 3. The number of piperidine rings is 1. The van der Waals surface area contributed by atoms with Crippen LogP contribution in [-0.2, 0) is 10.0 Å². The van der Waals surface area contributed by atoms with Crippen LogP contribution in [0.15, 0.2) is 47.8 Å². The van der Waals surface area contributed by atoms with Gasteiger partial charge in [0.1, 0.15) is 10.7 Å². The van der Waals surface area contributed by atoms with Crippen molar-refractivity contribution in [2.24, 2.45) is 0 Å². The van der Waals surface area contributed by atoms with E-state index in [0.717, 1.165) is 19.3 Å². The van der Waals surface area contributed by atoms with Crippen molar-refractivity contribution in [2.75, 3.05) is 18.4 Å². The Kier molecular flexibility index (Phi) is 4.86. The Morgan fingerprint density at radius 2 is 1.88 bits per heavy atom. The minimum absolute atomic E-state index is 0.142. The summed E-state index contributed by atoms with van der Waals surface area (Å²) in [7, 11) is -3.51. The lowest BCUT2D eigenvalue weighted by atomic mass is 10.2. The van der Waals surface area contributed by atoms with E-state index in [4.69, 9.17) is 0 Å². The molecule has 0 spiro atoms. The third-order valence-electron chi connectivity index (χ3n) is 3.85. The second-order valence-electron chi connectivity index (χ2n) is 5.54. The zero-order valence-corrected chi connectivity index (χ0v) is 13.9. The lowest BCUT2D eigenvalue weighted by Crippen LogP contribution is -2.35.